The number of allylic oxidation sites excluding steroid dienone is 1. The molecular formula is C11H13BrClN. The molecule has 0 aliphatic rings. The summed E-state index contributed by atoms with van der Waals surface area (Å²) in [5.41, 5.74) is 2.32. The molecule has 0 aromatic heterocycles. The largest absolute Gasteiger partial charge is 0.381 e. The monoisotopic (exact) mass is 273 g/mol. The lowest BCUT2D eigenvalue weighted by Crippen LogP contribution is -1.99. The van der Waals surface area contributed by atoms with Crippen LogP contribution in [0.25, 0.3) is 0 Å². The summed E-state index contributed by atoms with van der Waals surface area (Å²) in [7, 11) is 0. The minimum atomic E-state index is 0.743. The molecule has 0 aliphatic heterocycles. The van der Waals surface area contributed by atoms with E-state index in [1.807, 2.05) is 18.2 Å². The highest BCUT2D eigenvalue weighted by Crippen LogP contribution is 2.25. The van der Waals surface area contributed by atoms with Crippen LogP contribution in [0.1, 0.15) is 13.8 Å². The second kappa shape index (κ2) is 5.42. The number of anilines is 1. The number of rotatable bonds is 3. The highest BCUT2D eigenvalue weighted by atomic mass is 79.9. The Hall–Kier alpha value is -0.470. The topological polar surface area (TPSA) is 12.0 Å². The average Bonchev–Trinajstić information content (AvgIpc) is 2.10. The van der Waals surface area contributed by atoms with Gasteiger partial charge in [0.15, 0.2) is 0 Å². The molecular weight excluding hydrogens is 261 g/mol. The summed E-state index contributed by atoms with van der Waals surface area (Å²) in [4.78, 5) is 0. The van der Waals surface area contributed by atoms with Crippen LogP contribution in [0.15, 0.2) is 34.3 Å². The number of hydrogen-bond acceptors (Lipinski definition) is 1. The molecule has 0 saturated carbocycles. The lowest BCUT2D eigenvalue weighted by Gasteiger charge is -2.06. The zero-order valence-corrected chi connectivity index (χ0v) is 10.6. The quantitative estimate of drug-likeness (QED) is 0.801. The third-order valence-corrected chi connectivity index (χ3v) is 2.66. The first-order valence-corrected chi connectivity index (χ1v) is 5.59. The molecule has 76 valence electrons. The van der Waals surface area contributed by atoms with Crippen LogP contribution >= 0.6 is 27.5 Å². The minimum Gasteiger partial charge on any atom is -0.381 e. The molecule has 1 N–H and O–H groups in total. The molecule has 14 heavy (non-hydrogen) atoms. The zero-order valence-electron chi connectivity index (χ0n) is 8.27. The molecule has 0 fully saturated rings. The lowest BCUT2D eigenvalue weighted by molar-refractivity contribution is 1.26. The van der Waals surface area contributed by atoms with Gasteiger partial charge in [0.25, 0.3) is 0 Å². The second-order valence-electron chi connectivity index (χ2n) is 3.29. The van der Waals surface area contributed by atoms with Crippen molar-refractivity contribution in [2.45, 2.75) is 13.8 Å². The van der Waals surface area contributed by atoms with Gasteiger partial charge >= 0.3 is 0 Å². The van der Waals surface area contributed by atoms with E-state index >= 15 is 0 Å². The number of benzene rings is 1. The molecule has 0 bridgehead atoms. The van der Waals surface area contributed by atoms with Gasteiger partial charge in [-0.25, -0.2) is 0 Å². The van der Waals surface area contributed by atoms with Crippen molar-refractivity contribution < 1.29 is 0 Å². The molecule has 0 spiro atoms. The van der Waals surface area contributed by atoms with Gasteiger partial charge in [0, 0.05) is 16.0 Å². The molecule has 1 aromatic rings. The molecule has 0 heterocycles. The third-order valence-electron chi connectivity index (χ3n) is 1.73. The van der Waals surface area contributed by atoms with Crippen molar-refractivity contribution in [3.05, 3.63) is 39.3 Å². The molecule has 1 rings (SSSR count). The molecule has 0 saturated heterocycles. The van der Waals surface area contributed by atoms with Gasteiger partial charge in [-0.1, -0.05) is 23.3 Å². The van der Waals surface area contributed by atoms with E-state index in [0.29, 0.717) is 0 Å². The van der Waals surface area contributed by atoms with E-state index < -0.39 is 0 Å². The fourth-order valence-corrected chi connectivity index (χ4v) is 1.56. The van der Waals surface area contributed by atoms with Crippen molar-refractivity contribution in [1.82, 2.24) is 0 Å². The van der Waals surface area contributed by atoms with Gasteiger partial charge in [0.1, 0.15) is 0 Å². The summed E-state index contributed by atoms with van der Waals surface area (Å²) in [6.07, 6.45) is 2.13. The minimum absolute atomic E-state index is 0.743. The van der Waals surface area contributed by atoms with E-state index in [9.17, 15) is 0 Å². The van der Waals surface area contributed by atoms with Crippen LogP contribution in [0.4, 0.5) is 5.69 Å². The number of nitrogens with one attached hydrogen (secondary N) is 1. The van der Waals surface area contributed by atoms with Crippen LogP contribution in [0.5, 0.6) is 0 Å². The normalized spacial score (nSPS) is 9.71. The van der Waals surface area contributed by atoms with Gasteiger partial charge in [-0.2, -0.15) is 0 Å². The van der Waals surface area contributed by atoms with Gasteiger partial charge < -0.3 is 5.32 Å². The predicted molar refractivity (Wildman–Crippen MR) is 67.1 cm³/mol. The van der Waals surface area contributed by atoms with Crippen LogP contribution in [0, 0.1) is 0 Å². The van der Waals surface area contributed by atoms with Crippen molar-refractivity contribution in [2.75, 3.05) is 11.9 Å². The Kier molecular flexibility index (Phi) is 4.49. The predicted octanol–water partition coefficient (Wildman–Crippen LogP) is 4.48. The van der Waals surface area contributed by atoms with Gasteiger partial charge in [0.05, 0.1) is 5.69 Å². The SMILES string of the molecule is CC(C)=CCNc1cc(Cl)ccc1Br. The number of halogens is 2. The van der Waals surface area contributed by atoms with E-state index in [2.05, 4.69) is 41.2 Å². The summed E-state index contributed by atoms with van der Waals surface area (Å²) in [6.45, 7) is 4.98. The van der Waals surface area contributed by atoms with E-state index in [1.165, 1.54) is 5.57 Å². The van der Waals surface area contributed by atoms with Gasteiger partial charge in [-0.3, -0.25) is 0 Å². The molecule has 0 unspecified atom stereocenters. The van der Waals surface area contributed by atoms with Crippen LogP contribution < -0.4 is 5.32 Å². The standard InChI is InChI=1S/C11H13BrClN/c1-8(2)5-6-14-11-7-9(13)3-4-10(11)12/h3-5,7,14H,6H2,1-2H3. The highest BCUT2D eigenvalue weighted by molar-refractivity contribution is 9.10. The third kappa shape index (κ3) is 3.72. The van der Waals surface area contributed by atoms with E-state index in [-0.39, 0.29) is 0 Å². The van der Waals surface area contributed by atoms with Crippen molar-refractivity contribution >= 4 is 33.2 Å². The molecule has 0 radical (unpaired) electrons. The number of hydrogen-bond donors (Lipinski definition) is 1. The molecule has 1 aromatic carbocycles. The van der Waals surface area contributed by atoms with Crippen LogP contribution in [0.2, 0.25) is 5.02 Å². The van der Waals surface area contributed by atoms with Crippen molar-refractivity contribution in [2.24, 2.45) is 0 Å². The first-order chi connectivity index (χ1) is 6.59. The Labute approximate surface area is 98.3 Å². The summed E-state index contributed by atoms with van der Waals surface area (Å²) >= 11 is 9.34. The Morgan fingerprint density at radius 3 is 2.86 bits per heavy atom. The summed E-state index contributed by atoms with van der Waals surface area (Å²) in [5.74, 6) is 0. The smallest absolute Gasteiger partial charge is 0.0502 e. The molecule has 3 heteroatoms. The Bertz CT molecular complexity index is 343. The molecule has 0 aliphatic carbocycles. The first kappa shape index (κ1) is 11.6. The van der Waals surface area contributed by atoms with E-state index in [4.69, 9.17) is 11.6 Å². The van der Waals surface area contributed by atoms with Crippen molar-refractivity contribution in [1.29, 1.82) is 0 Å². The maximum atomic E-state index is 5.88. The Balaban J connectivity index is 2.67. The highest BCUT2D eigenvalue weighted by Gasteiger charge is 1.98. The Morgan fingerprint density at radius 1 is 1.50 bits per heavy atom. The second-order valence-corrected chi connectivity index (χ2v) is 4.58. The van der Waals surface area contributed by atoms with Crippen LogP contribution in [0.3, 0.4) is 0 Å². The van der Waals surface area contributed by atoms with Gasteiger partial charge in [-0.15, -0.1) is 0 Å². The average molecular weight is 275 g/mol. The summed E-state index contributed by atoms with van der Waals surface area (Å²) in [6, 6.07) is 5.70. The molecule has 0 atom stereocenters. The maximum Gasteiger partial charge on any atom is 0.0502 e. The fourth-order valence-electron chi connectivity index (χ4n) is 0.998. The zero-order chi connectivity index (χ0) is 10.6. The van der Waals surface area contributed by atoms with Crippen LogP contribution in [-0.4, -0.2) is 6.54 Å². The fraction of sp³-hybridized carbons (Fsp3) is 0.273. The molecule has 0 amide bonds. The first-order valence-electron chi connectivity index (χ1n) is 4.42. The van der Waals surface area contributed by atoms with Gasteiger partial charge in [0.2, 0.25) is 0 Å². The van der Waals surface area contributed by atoms with Crippen molar-refractivity contribution in [3.63, 3.8) is 0 Å². The lowest BCUT2D eigenvalue weighted by atomic mass is 10.3. The van der Waals surface area contributed by atoms with E-state index in [1.54, 1.807) is 0 Å². The van der Waals surface area contributed by atoms with E-state index in [0.717, 1.165) is 21.7 Å². The maximum absolute atomic E-state index is 5.88. The Morgan fingerprint density at radius 2 is 2.21 bits per heavy atom. The van der Waals surface area contributed by atoms with Crippen LogP contribution in [-0.2, 0) is 0 Å². The van der Waals surface area contributed by atoms with Crippen molar-refractivity contribution in [3.8, 4) is 0 Å². The summed E-state index contributed by atoms with van der Waals surface area (Å²) in [5, 5.41) is 4.02. The molecule has 1 nitrogen and oxygen atoms in total. The summed E-state index contributed by atoms with van der Waals surface area (Å²) < 4.78 is 1.03. The van der Waals surface area contributed by atoms with Gasteiger partial charge in [-0.05, 0) is 48.0 Å².